The van der Waals surface area contributed by atoms with Crippen molar-refractivity contribution < 1.29 is 9.15 Å². The Bertz CT molecular complexity index is 895. The predicted molar refractivity (Wildman–Crippen MR) is 74.4 cm³/mol. The van der Waals surface area contributed by atoms with Gasteiger partial charge in [0.25, 0.3) is 0 Å². The smallest absolute Gasteiger partial charge is 0.336 e. The summed E-state index contributed by atoms with van der Waals surface area (Å²) in [5.74, 6) is 0.434. The zero-order chi connectivity index (χ0) is 14.1. The lowest BCUT2D eigenvalue weighted by atomic mass is 10.2. The van der Waals surface area contributed by atoms with Gasteiger partial charge in [0.15, 0.2) is 5.15 Å². The standard InChI is InChI=1S/C13H5ClN2O3S/c14-12-9(6-15)13(20-16-12)18-8-3-1-7-2-4-11(17)19-10(7)5-8/h1-5H. The van der Waals surface area contributed by atoms with Gasteiger partial charge in [-0.3, -0.25) is 0 Å². The van der Waals surface area contributed by atoms with Crippen LogP contribution in [0.15, 0.2) is 39.5 Å². The lowest BCUT2D eigenvalue weighted by Crippen LogP contribution is -1.94. The summed E-state index contributed by atoms with van der Waals surface area (Å²) in [6, 6.07) is 9.97. The second kappa shape index (κ2) is 4.96. The monoisotopic (exact) mass is 304 g/mol. The molecule has 0 fully saturated rings. The Morgan fingerprint density at radius 3 is 2.95 bits per heavy atom. The van der Waals surface area contributed by atoms with E-state index in [1.807, 2.05) is 6.07 Å². The van der Waals surface area contributed by atoms with Crippen molar-refractivity contribution in [3.8, 4) is 16.9 Å². The molecule has 0 bridgehead atoms. The van der Waals surface area contributed by atoms with E-state index in [2.05, 4.69) is 4.37 Å². The fourth-order valence-electron chi connectivity index (χ4n) is 1.63. The lowest BCUT2D eigenvalue weighted by molar-refractivity contribution is 0.492. The van der Waals surface area contributed by atoms with Crippen molar-refractivity contribution in [2.45, 2.75) is 0 Å². The third kappa shape index (κ3) is 2.25. The average Bonchev–Trinajstić information content (AvgIpc) is 2.78. The van der Waals surface area contributed by atoms with Gasteiger partial charge < -0.3 is 9.15 Å². The molecular weight excluding hydrogens is 300 g/mol. The third-order valence-electron chi connectivity index (χ3n) is 2.54. The van der Waals surface area contributed by atoms with E-state index >= 15 is 0 Å². The average molecular weight is 305 g/mol. The van der Waals surface area contributed by atoms with Crippen molar-refractivity contribution in [3.63, 3.8) is 0 Å². The van der Waals surface area contributed by atoms with Crippen LogP contribution in [0.4, 0.5) is 0 Å². The number of hydrogen-bond donors (Lipinski definition) is 0. The summed E-state index contributed by atoms with van der Waals surface area (Å²) in [5, 5.41) is 10.2. The second-order valence-corrected chi connectivity index (χ2v) is 4.90. The van der Waals surface area contributed by atoms with Crippen molar-refractivity contribution in [1.29, 1.82) is 5.26 Å². The highest BCUT2D eigenvalue weighted by atomic mass is 35.5. The van der Waals surface area contributed by atoms with Crippen molar-refractivity contribution in [2.24, 2.45) is 0 Å². The highest BCUT2D eigenvalue weighted by Crippen LogP contribution is 2.34. The van der Waals surface area contributed by atoms with Crippen LogP contribution in [0, 0.1) is 11.3 Å². The van der Waals surface area contributed by atoms with Gasteiger partial charge in [0.05, 0.1) is 0 Å². The molecule has 7 heteroatoms. The Balaban J connectivity index is 2.03. The molecule has 5 nitrogen and oxygen atoms in total. The van der Waals surface area contributed by atoms with Gasteiger partial charge in [-0.05, 0) is 18.2 Å². The number of ether oxygens (including phenoxy) is 1. The van der Waals surface area contributed by atoms with Gasteiger partial charge in [0.1, 0.15) is 23.0 Å². The van der Waals surface area contributed by atoms with E-state index in [1.54, 1.807) is 24.3 Å². The van der Waals surface area contributed by atoms with Crippen LogP contribution in [0.5, 0.6) is 10.8 Å². The van der Waals surface area contributed by atoms with E-state index in [1.165, 1.54) is 6.07 Å². The molecule has 0 amide bonds. The molecule has 3 aromatic rings. The molecule has 0 N–H and O–H groups in total. The van der Waals surface area contributed by atoms with Crippen molar-refractivity contribution in [3.05, 3.63) is 51.5 Å². The van der Waals surface area contributed by atoms with E-state index in [9.17, 15) is 4.79 Å². The summed E-state index contributed by atoms with van der Waals surface area (Å²) in [7, 11) is 0. The van der Waals surface area contributed by atoms with Crippen LogP contribution in [0.25, 0.3) is 11.0 Å². The number of rotatable bonds is 2. The van der Waals surface area contributed by atoms with Crippen LogP contribution in [-0.4, -0.2) is 4.37 Å². The molecule has 0 saturated carbocycles. The minimum atomic E-state index is -0.437. The van der Waals surface area contributed by atoms with Gasteiger partial charge in [-0.15, -0.1) is 0 Å². The summed E-state index contributed by atoms with van der Waals surface area (Å²) in [4.78, 5) is 11.2. The normalized spacial score (nSPS) is 10.4. The van der Waals surface area contributed by atoms with Gasteiger partial charge in [-0.25, -0.2) is 4.79 Å². The second-order valence-electron chi connectivity index (χ2n) is 3.80. The fraction of sp³-hybridized carbons (Fsp3) is 0. The molecule has 0 aliphatic heterocycles. The summed E-state index contributed by atoms with van der Waals surface area (Å²) in [6.45, 7) is 0. The molecule has 0 radical (unpaired) electrons. The molecular formula is C13H5ClN2O3S. The van der Waals surface area contributed by atoms with Crippen LogP contribution in [-0.2, 0) is 0 Å². The van der Waals surface area contributed by atoms with E-state index in [4.69, 9.17) is 26.0 Å². The predicted octanol–water partition coefficient (Wildman–Crippen LogP) is 3.57. The maximum absolute atomic E-state index is 11.2. The van der Waals surface area contributed by atoms with Crippen molar-refractivity contribution in [2.75, 3.05) is 0 Å². The number of fused-ring (bicyclic) bond motifs is 1. The summed E-state index contributed by atoms with van der Waals surface area (Å²) >= 11 is 6.75. The van der Waals surface area contributed by atoms with Gasteiger partial charge in [0.2, 0.25) is 5.06 Å². The van der Waals surface area contributed by atoms with E-state index in [0.29, 0.717) is 16.4 Å². The van der Waals surface area contributed by atoms with Gasteiger partial charge in [0, 0.05) is 29.1 Å². The Kier molecular flexibility index (Phi) is 3.14. The topological polar surface area (TPSA) is 76.1 Å². The molecule has 0 unspecified atom stereocenters. The number of nitriles is 1. The summed E-state index contributed by atoms with van der Waals surface area (Å²) in [5.41, 5.74) is 0.156. The molecule has 0 spiro atoms. The van der Waals surface area contributed by atoms with Gasteiger partial charge in [-0.2, -0.15) is 9.64 Å². The first-order chi connectivity index (χ1) is 9.67. The van der Waals surface area contributed by atoms with Crippen LogP contribution in [0.1, 0.15) is 5.56 Å². The lowest BCUT2D eigenvalue weighted by Gasteiger charge is -2.03. The summed E-state index contributed by atoms with van der Waals surface area (Å²) < 4.78 is 14.5. The first kappa shape index (κ1) is 12.7. The molecule has 0 aliphatic carbocycles. The SMILES string of the molecule is N#Cc1c(Cl)nsc1Oc1ccc2ccc(=O)oc2c1. The Labute approximate surface area is 121 Å². The fourth-order valence-corrected chi connectivity index (χ4v) is 2.54. The third-order valence-corrected chi connectivity index (χ3v) is 3.64. The highest BCUT2D eigenvalue weighted by molar-refractivity contribution is 7.08. The molecule has 0 aliphatic rings. The Morgan fingerprint density at radius 2 is 2.15 bits per heavy atom. The van der Waals surface area contributed by atoms with Crippen molar-refractivity contribution in [1.82, 2.24) is 4.37 Å². The number of aromatic nitrogens is 1. The van der Waals surface area contributed by atoms with Crippen molar-refractivity contribution >= 4 is 34.1 Å². The minimum Gasteiger partial charge on any atom is -0.444 e. The summed E-state index contributed by atoms with van der Waals surface area (Å²) in [6.07, 6.45) is 0. The molecule has 1 aromatic carbocycles. The maximum Gasteiger partial charge on any atom is 0.336 e. The Hall–Kier alpha value is -2.36. The van der Waals surface area contributed by atoms with Crippen LogP contribution < -0.4 is 10.4 Å². The van der Waals surface area contributed by atoms with E-state index in [0.717, 1.165) is 16.9 Å². The molecule has 0 saturated heterocycles. The Morgan fingerprint density at radius 1 is 1.35 bits per heavy atom. The van der Waals surface area contributed by atoms with Crippen LogP contribution in [0.2, 0.25) is 5.15 Å². The minimum absolute atomic E-state index is 0.111. The molecule has 2 heterocycles. The number of nitrogens with zero attached hydrogens (tertiary/aromatic N) is 2. The van der Waals surface area contributed by atoms with E-state index < -0.39 is 5.63 Å². The van der Waals surface area contributed by atoms with Crippen LogP contribution in [0.3, 0.4) is 0 Å². The molecule has 98 valence electrons. The van der Waals surface area contributed by atoms with Gasteiger partial charge in [-0.1, -0.05) is 11.6 Å². The highest BCUT2D eigenvalue weighted by Gasteiger charge is 2.14. The number of hydrogen-bond acceptors (Lipinski definition) is 6. The maximum atomic E-state index is 11.2. The van der Waals surface area contributed by atoms with Crippen LogP contribution >= 0.6 is 23.1 Å². The van der Waals surface area contributed by atoms with E-state index in [-0.39, 0.29) is 10.7 Å². The quantitative estimate of drug-likeness (QED) is 0.676. The zero-order valence-corrected chi connectivity index (χ0v) is 11.4. The molecule has 20 heavy (non-hydrogen) atoms. The number of halogens is 1. The molecule has 2 aromatic heterocycles. The number of benzene rings is 1. The largest absolute Gasteiger partial charge is 0.444 e. The first-order valence-electron chi connectivity index (χ1n) is 5.44. The first-order valence-corrected chi connectivity index (χ1v) is 6.59. The molecule has 0 atom stereocenters. The van der Waals surface area contributed by atoms with Gasteiger partial charge >= 0.3 is 5.63 Å². The zero-order valence-electron chi connectivity index (χ0n) is 9.79. The molecule has 3 rings (SSSR count).